The third-order valence-electron chi connectivity index (χ3n) is 9.47. The van der Waals surface area contributed by atoms with Crippen molar-refractivity contribution < 1.29 is 33.2 Å². The molecule has 0 aliphatic carbocycles. The molecule has 0 bridgehead atoms. The average molecular weight is 751 g/mol. The standard InChI is InChI=1S/C53H35N3O/c1-4-13-36(14-5-1)38-23-25-40(26-24-38)53-54-48-30-28-45(35-51(48)57-53)55(43-21-12-18-41(33-43)37-15-6-2-7-16-37)44-29-32-49-47(34-44)52-46-22-11-10-17-39(46)27-31-50(52)56(49)42-19-8-3-9-20-42/h1-35H/i1D,2D,4D,5D,6D,7D,12D,13D,14D,15D,16D,18D,21D,23D,24D,25D,26D,28D,30D,33D,35D. The molecular weight excluding hydrogens is 695 g/mol. The third kappa shape index (κ3) is 5.74. The molecule has 11 rings (SSSR count). The zero-order valence-corrected chi connectivity index (χ0v) is 29.3. The Kier molecular flexibility index (Phi) is 4.24. The molecule has 4 heteroatoms. The van der Waals surface area contributed by atoms with Crippen molar-refractivity contribution in [1.29, 1.82) is 0 Å². The first-order valence-corrected chi connectivity index (χ1v) is 17.6. The summed E-state index contributed by atoms with van der Waals surface area (Å²) in [4.78, 5) is 5.38. The molecule has 11 aromatic rings. The van der Waals surface area contributed by atoms with E-state index in [0.717, 1.165) is 32.3 Å². The van der Waals surface area contributed by atoms with E-state index in [-0.39, 0.29) is 5.69 Å². The van der Waals surface area contributed by atoms with E-state index in [0.29, 0.717) is 10.9 Å². The molecule has 9 aromatic carbocycles. The molecule has 57 heavy (non-hydrogen) atoms. The maximum atomic E-state index is 9.87. The van der Waals surface area contributed by atoms with Crippen LogP contribution in [0.15, 0.2) is 216 Å². The lowest BCUT2D eigenvalue weighted by atomic mass is 10.0. The van der Waals surface area contributed by atoms with E-state index in [1.54, 1.807) is 18.2 Å². The van der Waals surface area contributed by atoms with Crippen LogP contribution in [0.2, 0.25) is 0 Å². The first-order chi connectivity index (χ1) is 37.0. The van der Waals surface area contributed by atoms with Gasteiger partial charge in [0.05, 0.1) is 39.8 Å². The molecule has 0 aliphatic rings. The maximum absolute atomic E-state index is 9.87. The van der Waals surface area contributed by atoms with Crippen LogP contribution in [0.5, 0.6) is 0 Å². The fourth-order valence-electron chi connectivity index (χ4n) is 6.97. The van der Waals surface area contributed by atoms with E-state index < -0.39 is 183 Å². The topological polar surface area (TPSA) is 34.2 Å². The molecule has 2 heterocycles. The average Bonchev–Trinajstić information content (AvgIpc) is 4.18. The number of hydrogen-bond donors (Lipinski definition) is 0. The lowest BCUT2D eigenvalue weighted by Gasteiger charge is -2.26. The Balaban J connectivity index is 1.23. The van der Waals surface area contributed by atoms with Gasteiger partial charge in [-0.1, -0.05) is 133 Å². The summed E-state index contributed by atoms with van der Waals surface area (Å²) in [5.41, 5.74) is -3.17. The van der Waals surface area contributed by atoms with Crippen LogP contribution in [0, 0.1) is 0 Å². The minimum atomic E-state index is -0.872. The number of hydrogen-bond acceptors (Lipinski definition) is 3. The Labute approximate surface area is 359 Å². The van der Waals surface area contributed by atoms with Gasteiger partial charge in [0, 0.05) is 45.1 Å². The first kappa shape index (κ1) is 17.8. The molecule has 0 radical (unpaired) electrons. The summed E-state index contributed by atoms with van der Waals surface area (Å²) in [5.74, 6) is -0.681. The number of nitrogens with zero attached hydrogens (tertiary/aromatic N) is 3. The Morgan fingerprint density at radius 3 is 1.96 bits per heavy atom. The molecule has 0 unspecified atom stereocenters. The van der Waals surface area contributed by atoms with Crippen LogP contribution in [0.4, 0.5) is 17.1 Å². The molecule has 0 N–H and O–H groups in total. The Hall–Kier alpha value is -7.69. The van der Waals surface area contributed by atoms with E-state index in [1.165, 1.54) is 0 Å². The van der Waals surface area contributed by atoms with Gasteiger partial charge < -0.3 is 13.9 Å². The Bertz CT molecular complexity index is 4390. The summed E-state index contributed by atoms with van der Waals surface area (Å²) < 4.78 is 195. The highest BCUT2D eigenvalue weighted by Crippen LogP contribution is 2.43. The van der Waals surface area contributed by atoms with Crippen LogP contribution in [-0.2, 0) is 0 Å². The van der Waals surface area contributed by atoms with Gasteiger partial charge in [-0.3, -0.25) is 0 Å². The smallest absolute Gasteiger partial charge is 0.227 e. The third-order valence-corrected chi connectivity index (χ3v) is 9.47. The van der Waals surface area contributed by atoms with Gasteiger partial charge in [-0.2, -0.15) is 0 Å². The molecule has 2 aromatic heterocycles. The molecule has 268 valence electrons. The van der Waals surface area contributed by atoms with Crippen molar-refractivity contribution in [3.8, 4) is 39.4 Å². The van der Waals surface area contributed by atoms with Gasteiger partial charge in [0.1, 0.15) is 5.52 Å². The zero-order chi connectivity index (χ0) is 56.0. The van der Waals surface area contributed by atoms with E-state index in [9.17, 15) is 8.22 Å². The summed E-state index contributed by atoms with van der Waals surface area (Å²) in [6.45, 7) is 0. The second-order valence-corrected chi connectivity index (χ2v) is 12.8. The zero-order valence-electron chi connectivity index (χ0n) is 50.3. The van der Waals surface area contributed by atoms with Crippen molar-refractivity contribution in [1.82, 2.24) is 9.55 Å². The summed E-state index contributed by atoms with van der Waals surface area (Å²) >= 11 is 0. The van der Waals surface area contributed by atoms with Crippen LogP contribution in [-0.4, -0.2) is 9.55 Å². The first-order valence-electron chi connectivity index (χ1n) is 28.1. The van der Waals surface area contributed by atoms with Gasteiger partial charge in [0.15, 0.2) is 5.58 Å². The summed E-state index contributed by atoms with van der Waals surface area (Å²) in [7, 11) is 0. The van der Waals surface area contributed by atoms with Crippen molar-refractivity contribution in [2.45, 2.75) is 0 Å². The van der Waals surface area contributed by atoms with Crippen LogP contribution in [0.25, 0.3) is 83.1 Å². The number of para-hydroxylation sites is 1. The van der Waals surface area contributed by atoms with Crippen molar-refractivity contribution >= 4 is 60.7 Å². The SMILES string of the molecule is [2H]c1c([2H])c([2H])c(-c2c([2H])c([2H])c(-c3nc4c([2H])c([2H])c(N(c5ccc6c(c5)c5c7ccccc7ccc5n6-c5ccccc5)c5c([2H])c([2H])c([2H])c(-c6c([2H])c([2H])c([2H])c([2H])c6[2H])c5[2H])c([2H])c4o3)c([2H])c2[2H])c([2H])c1[2H]. The van der Waals surface area contributed by atoms with Gasteiger partial charge >= 0.3 is 0 Å². The Morgan fingerprint density at radius 1 is 0.491 bits per heavy atom. The summed E-state index contributed by atoms with van der Waals surface area (Å²) in [5, 5.41) is 2.99. The van der Waals surface area contributed by atoms with E-state index in [4.69, 9.17) is 25.0 Å². The highest BCUT2D eigenvalue weighted by atomic mass is 16.3. The molecule has 0 saturated carbocycles. The molecule has 0 amide bonds. The van der Waals surface area contributed by atoms with Gasteiger partial charge in [0.25, 0.3) is 0 Å². The number of fused-ring (bicyclic) bond motifs is 6. The van der Waals surface area contributed by atoms with Crippen molar-refractivity contribution in [3.05, 3.63) is 212 Å². The van der Waals surface area contributed by atoms with Crippen LogP contribution >= 0.6 is 0 Å². The minimum Gasteiger partial charge on any atom is -0.436 e. The molecule has 0 saturated heterocycles. The molecule has 4 nitrogen and oxygen atoms in total. The summed E-state index contributed by atoms with van der Waals surface area (Å²) in [6, 6.07) is 8.94. The summed E-state index contributed by atoms with van der Waals surface area (Å²) in [6.07, 6.45) is 0. The number of anilines is 3. The van der Waals surface area contributed by atoms with Crippen LogP contribution in [0.1, 0.15) is 28.8 Å². The van der Waals surface area contributed by atoms with E-state index >= 15 is 0 Å². The van der Waals surface area contributed by atoms with Crippen molar-refractivity contribution in [3.63, 3.8) is 0 Å². The highest BCUT2D eigenvalue weighted by Gasteiger charge is 2.20. The molecule has 0 aliphatic heterocycles. The van der Waals surface area contributed by atoms with Gasteiger partial charge in [-0.15, -0.1) is 0 Å². The second kappa shape index (κ2) is 13.6. The maximum Gasteiger partial charge on any atom is 0.227 e. The second-order valence-electron chi connectivity index (χ2n) is 12.8. The normalized spacial score (nSPS) is 16.7. The Morgan fingerprint density at radius 2 is 1.16 bits per heavy atom. The highest BCUT2D eigenvalue weighted by molar-refractivity contribution is 6.22. The van der Waals surface area contributed by atoms with Crippen molar-refractivity contribution in [2.24, 2.45) is 0 Å². The number of oxazole rings is 1. The number of rotatable bonds is 7. The molecule has 0 spiro atoms. The minimum absolute atomic E-state index is 0.0111. The van der Waals surface area contributed by atoms with E-state index in [2.05, 4.69) is 4.98 Å². The van der Waals surface area contributed by atoms with Gasteiger partial charge in [0.2, 0.25) is 5.89 Å². The predicted molar refractivity (Wildman–Crippen MR) is 237 cm³/mol. The molecular formula is C53H35N3O. The molecule has 0 atom stereocenters. The van der Waals surface area contributed by atoms with Gasteiger partial charge in [-0.05, 0) is 106 Å². The lowest BCUT2D eigenvalue weighted by Crippen LogP contribution is -2.10. The van der Waals surface area contributed by atoms with E-state index in [1.807, 2.05) is 71.3 Å². The van der Waals surface area contributed by atoms with Crippen LogP contribution in [0.3, 0.4) is 0 Å². The molecule has 0 fully saturated rings. The van der Waals surface area contributed by atoms with Crippen molar-refractivity contribution in [2.75, 3.05) is 4.90 Å². The largest absolute Gasteiger partial charge is 0.436 e. The monoisotopic (exact) mass is 750 g/mol. The number of benzene rings is 9. The van der Waals surface area contributed by atoms with Crippen LogP contribution < -0.4 is 4.90 Å². The quantitative estimate of drug-likeness (QED) is 0.163. The number of aromatic nitrogens is 2. The van der Waals surface area contributed by atoms with Gasteiger partial charge in [-0.25, -0.2) is 4.98 Å². The lowest BCUT2D eigenvalue weighted by molar-refractivity contribution is 0.620. The predicted octanol–water partition coefficient (Wildman–Crippen LogP) is 14.5. The fourth-order valence-corrected chi connectivity index (χ4v) is 6.97. The fraction of sp³-hybridized carbons (Fsp3) is 0.